The molecule has 0 spiro atoms. The van der Waals surface area contributed by atoms with E-state index in [2.05, 4.69) is 16.9 Å². The number of amidine groups is 1. The molecule has 1 saturated heterocycles. The smallest absolute Gasteiger partial charge is 0.338 e. The SMILES string of the molecule is CCOC(=O)C1=C(C)N=C2SC=C(CC(=O)N(C)C3CCN(C)CC3)N2C1c1ccccc1F. The number of fused-ring (bicyclic) bond motifs is 1. The fourth-order valence-corrected chi connectivity index (χ4v) is 5.66. The lowest BCUT2D eigenvalue weighted by atomic mass is 9.93. The Hall–Kier alpha value is -2.65. The molecule has 1 aromatic rings. The number of hydrogen-bond donors (Lipinski definition) is 0. The number of aliphatic imine (C=N–C) groups is 1. The van der Waals surface area contributed by atoms with Crippen molar-refractivity contribution < 1.29 is 18.7 Å². The minimum atomic E-state index is -0.754. The van der Waals surface area contributed by atoms with E-state index in [9.17, 15) is 9.59 Å². The summed E-state index contributed by atoms with van der Waals surface area (Å²) >= 11 is 1.39. The van der Waals surface area contributed by atoms with Gasteiger partial charge in [-0.25, -0.2) is 14.2 Å². The summed E-state index contributed by atoms with van der Waals surface area (Å²) in [6, 6.07) is 5.86. The molecule has 7 nitrogen and oxygen atoms in total. The second-order valence-electron chi connectivity index (χ2n) is 8.85. The molecule has 1 aromatic carbocycles. The second-order valence-corrected chi connectivity index (χ2v) is 9.69. The highest BCUT2D eigenvalue weighted by Crippen LogP contribution is 2.45. The lowest BCUT2D eigenvalue weighted by Crippen LogP contribution is -2.45. The van der Waals surface area contributed by atoms with E-state index in [1.54, 1.807) is 32.0 Å². The van der Waals surface area contributed by atoms with E-state index in [-0.39, 0.29) is 25.0 Å². The van der Waals surface area contributed by atoms with Gasteiger partial charge < -0.3 is 19.4 Å². The van der Waals surface area contributed by atoms with Crippen LogP contribution in [0.15, 0.2) is 51.6 Å². The molecule has 0 aromatic heterocycles. The average molecular weight is 487 g/mol. The zero-order valence-corrected chi connectivity index (χ0v) is 20.9. The maximum atomic E-state index is 15.0. The first-order valence-corrected chi connectivity index (χ1v) is 12.5. The molecular weight excluding hydrogens is 455 g/mol. The summed E-state index contributed by atoms with van der Waals surface area (Å²) < 4.78 is 20.3. The Balaban J connectivity index is 1.64. The van der Waals surface area contributed by atoms with E-state index in [0.29, 0.717) is 27.7 Å². The second kappa shape index (κ2) is 10.3. The fraction of sp³-hybridized carbons (Fsp3) is 0.480. The van der Waals surface area contributed by atoms with Crippen molar-refractivity contribution in [1.29, 1.82) is 0 Å². The van der Waals surface area contributed by atoms with Gasteiger partial charge in [-0.3, -0.25) is 4.79 Å². The van der Waals surface area contributed by atoms with Crippen molar-refractivity contribution in [3.05, 3.63) is 58.0 Å². The number of likely N-dealkylation sites (tertiary alicyclic amines) is 1. The van der Waals surface area contributed by atoms with Gasteiger partial charge >= 0.3 is 5.97 Å². The summed E-state index contributed by atoms with van der Waals surface area (Å²) in [6.07, 6.45) is 2.03. The van der Waals surface area contributed by atoms with Crippen LogP contribution in [0.3, 0.4) is 0 Å². The molecule has 4 rings (SSSR count). The summed E-state index contributed by atoms with van der Waals surface area (Å²) in [6.45, 7) is 5.60. The molecule has 0 saturated carbocycles. The lowest BCUT2D eigenvalue weighted by Gasteiger charge is -2.38. The maximum Gasteiger partial charge on any atom is 0.338 e. The Labute approximate surface area is 204 Å². The maximum absolute atomic E-state index is 15.0. The van der Waals surface area contributed by atoms with Gasteiger partial charge in [0.25, 0.3) is 0 Å². The summed E-state index contributed by atoms with van der Waals surface area (Å²) in [7, 11) is 3.95. The molecule has 3 aliphatic rings. The number of halogens is 1. The molecular formula is C25H31FN4O3S. The van der Waals surface area contributed by atoms with Gasteiger partial charge in [-0.2, -0.15) is 0 Å². The molecule has 182 valence electrons. The molecule has 34 heavy (non-hydrogen) atoms. The van der Waals surface area contributed by atoms with Crippen molar-refractivity contribution in [2.24, 2.45) is 4.99 Å². The normalized spacial score (nSPS) is 21.2. The number of carbonyl (C=O) groups is 2. The van der Waals surface area contributed by atoms with Gasteiger partial charge in [-0.05, 0) is 58.3 Å². The molecule has 9 heteroatoms. The summed E-state index contributed by atoms with van der Waals surface area (Å²) in [5.74, 6) is -0.949. The van der Waals surface area contributed by atoms with Crippen molar-refractivity contribution in [3.63, 3.8) is 0 Å². The van der Waals surface area contributed by atoms with Crippen LogP contribution in [-0.4, -0.2) is 71.6 Å². The van der Waals surface area contributed by atoms with Gasteiger partial charge in [0.05, 0.1) is 30.3 Å². The minimum Gasteiger partial charge on any atom is -0.463 e. The molecule has 0 bridgehead atoms. The number of benzene rings is 1. The van der Waals surface area contributed by atoms with E-state index in [1.807, 2.05) is 22.3 Å². The number of amides is 1. The zero-order valence-electron chi connectivity index (χ0n) is 20.1. The van der Waals surface area contributed by atoms with Gasteiger partial charge in [0, 0.05) is 24.4 Å². The average Bonchev–Trinajstić information content (AvgIpc) is 3.20. The largest absolute Gasteiger partial charge is 0.463 e. The van der Waals surface area contributed by atoms with E-state index >= 15 is 4.39 Å². The highest BCUT2D eigenvalue weighted by Gasteiger charge is 2.42. The topological polar surface area (TPSA) is 65.5 Å². The van der Waals surface area contributed by atoms with Crippen LogP contribution in [0.4, 0.5) is 4.39 Å². The summed E-state index contributed by atoms with van der Waals surface area (Å²) in [5, 5.41) is 2.51. The Morgan fingerprint density at radius 1 is 1.26 bits per heavy atom. The van der Waals surface area contributed by atoms with Gasteiger partial charge in [0.2, 0.25) is 5.91 Å². The molecule has 1 unspecified atom stereocenters. The molecule has 0 radical (unpaired) electrons. The third-order valence-electron chi connectivity index (χ3n) is 6.66. The van der Waals surface area contributed by atoms with E-state index in [4.69, 9.17) is 4.74 Å². The van der Waals surface area contributed by atoms with Gasteiger partial charge in [0.15, 0.2) is 5.17 Å². The molecule has 1 amide bonds. The first kappa shape index (κ1) is 24.5. The molecule has 3 aliphatic heterocycles. The van der Waals surface area contributed by atoms with Crippen LogP contribution < -0.4 is 0 Å². The predicted octanol–water partition coefficient (Wildman–Crippen LogP) is 3.91. The number of thioether (sulfide) groups is 1. The van der Waals surface area contributed by atoms with Crippen LogP contribution in [0.25, 0.3) is 0 Å². The zero-order chi connectivity index (χ0) is 24.4. The molecule has 0 N–H and O–H groups in total. The molecule has 0 aliphatic carbocycles. The highest BCUT2D eigenvalue weighted by atomic mass is 32.2. The third kappa shape index (κ3) is 4.77. The van der Waals surface area contributed by atoms with Crippen LogP contribution >= 0.6 is 11.8 Å². The number of hydrogen-bond acceptors (Lipinski definition) is 7. The Morgan fingerprint density at radius 3 is 2.65 bits per heavy atom. The number of esters is 1. The van der Waals surface area contributed by atoms with Crippen LogP contribution in [0.2, 0.25) is 0 Å². The number of ether oxygens (including phenoxy) is 1. The molecule has 1 atom stereocenters. The van der Waals surface area contributed by atoms with Crippen LogP contribution in [0.5, 0.6) is 0 Å². The van der Waals surface area contributed by atoms with Crippen molar-refractivity contribution >= 4 is 28.8 Å². The first-order valence-electron chi connectivity index (χ1n) is 11.6. The Kier molecular flexibility index (Phi) is 7.42. The molecule has 3 heterocycles. The van der Waals surface area contributed by atoms with Crippen molar-refractivity contribution in [2.75, 3.05) is 33.8 Å². The standard InChI is InChI=1S/C25H31FN4O3S/c1-5-33-24(32)22-16(2)27-25-30(23(22)19-8-6-7-9-20(19)26)18(15-34-25)14-21(31)29(4)17-10-12-28(3)13-11-17/h6-9,15,17,23H,5,10-14H2,1-4H3. The number of allylic oxidation sites excluding steroid dienone is 1. The first-order chi connectivity index (χ1) is 16.3. The third-order valence-corrected chi connectivity index (χ3v) is 7.55. The summed E-state index contributed by atoms with van der Waals surface area (Å²) in [4.78, 5) is 36.8. The van der Waals surface area contributed by atoms with Crippen LogP contribution in [0.1, 0.15) is 44.7 Å². The van der Waals surface area contributed by atoms with Gasteiger partial charge in [-0.15, -0.1) is 0 Å². The highest BCUT2D eigenvalue weighted by molar-refractivity contribution is 8.16. The van der Waals surface area contributed by atoms with Crippen LogP contribution in [0, 0.1) is 5.82 Å². The number of carbonyl (C=O) groups excluding carboxylic acids is 2. The quantitative estimate of drug-likeness (QED) is 0.568. The number of nitrogens with zero attached hydrogens (tertiary/aromatic N) is 4. The van der Waals surface area contributed by atoms with Gasteiger partial charge in [-0.1, -0.05) is 30.0 Å². The Morgan fingerprint density at radius 2 is 1.97 bits per heavy atom. The van der Waals surface area contributed by atoms with E-state index in [1.165, 1.54) is 17.8 Å². The van der Waals surface area contributed by atoms with Crippen molar-refractivity contribution in [2.45, 2.75) is 45.2 Å². The van der Waals surface area contributed by atoms with E-state index < -0.39 is 17.8 Å². The fourth-order valence-electron chi connectivity index (χ4n) is 4.70. The monoisotopic (exact) mass is 486 g/mol. The van der Waals surface area contributed by atoms with Gasteiger partial charge in [0.1, 0.15) is 5.82 Å². The Bertz CT molecular complexity index is 1060. The lowest BCUT2D eigenvalue weighted by molar-refractivity contribution is -0.139. The number of rotatable bonds is 6. The number of piperidine rings is 1. The van der Waals surface area contributed by atoms with E-state index in [0.717, 1.165) is 25.9 Å². The van der Waals surface area contributed by atoms with Crippen LogP contribution in [-0.2, 0) is 14.3 Å². The molecule has 1 fully saturated rings. The van der Waals surface area contributed by atoms with Crippen molar-refractivity contribution in [3.8, 4) is 0 Å². The summed E-state index contributed by atoms with van der Waals surface area (Å²) in [5.41, 5.74) is 1.84. The van der Waals surface area contributed by atoms with Crippen molar-refractivity contribution in [1.82, 2.24) is 14.7 Å². The predicted molar refractivity (Wildman–Crippen MR) is 131 cm³/mol. The minimum absolute atomic E-state index is 0.00102.